The molecule has 3 nitrogen and oxygen atoms in total. The maximum Gasteiger partial charge on any atom is 0.160 e. The van der Waals surface area contributed by atoms with Crippen LogP contribution in [0.25, 0.3) is 11.2 Å². The molecule has 2 atom stereocenters. The van der Waals surface area contributed by atoms with Crippen LogP contribution in [0.15, 0.2) is 12.1 Å². The summed E-state index contributed by atoms with van der Waals surface area (Å²) in [5, 5.41) is 0. The van der Waals surface area contributed by atoms with Crippen LogP contribution in [0.2, 0.25) is 0 Å². The molecular weight excluding hydrogens is 234 g/mol. The van der Waals surface area contributed by atoms with E-state index in [1.165, 1.54) is 12.8 Å². The first-order valence-corrected chi connectivity index (χ1v) is 6.68. The van der Waals surface area contributed by atoms with Crippen molar-refractivity contribution in [2.24, 2.45) is 5.92 Å². The smallest absolute Gasteiger partial charge is 0.160 e. The SMILES string of the molecule is CCC1CC1n1c(CCl)nc2ccc(C)nc21. The normalized spacial score (nSPS) is 23.2. The van der Waals surface area contributed by atoms with E-state index in [0.717, 1.165) is 28.6 Å². The highest BCUT2D eigenvalue weighted by Gasteiger charge is 2.39. The van der Waals surface area contributed by atoms with Crippen molar-refractivity contribution in [1.29, 1.82) is 0 Å². The highest BCUT2D eigenvalue weighted by Crippen LogP contribution is 2.47. The minimum absolute atomic E-state index is 0.461. The summed E-state index contributed by atoms with van der Waals surface area (Å²) < 4.78 is 2.25. The molecule has 2 unspecified atom stereocenters. The summed E-state index contributed by atoms with van der Waals surface area (Å²) in [5.74, 6) is 2.19. The number of hydrogen-bond donors (Lipinski definition) is 0. The third kappa shape index (κ3) is 1.73. The molecule has 90 valence electrons. The lowest BCUT2D eigenvalue weighted by Gasteiger charge is -2.06. The molecule has 2 aromatic rings. The molecule has 0 N–H and O–H groups in total. The Morgan fingerprint density at radius 1 is 1.41 bits per heavy atom. The number of fused-ring (bicyclic) bond motifs is 1. The minimum Gasteiger partial charge on any atom is -0.308 e. The highest BCUT2D eigenvalue weighted by atomic mass is 35.5. The number of nitrogens with zero attached hydrogens (tertiary/aromatic N) is 3. The number of hydrogen-bond acceptors (Lipinski definition) is 2. The first-order valence-electron chi connectivity index (χ1n) is 6.15. The van der Waals surface area contributed by atoms with Crippen molar-refractivity contribution in [3.63, 3.8) is 0 Å². The van der Waals surface area contributed by atoms with Crippen LogP contribution in [0, 0.1) is 12.8 Å². The molecule has 17 heavy (non-hydrogen) atoms. The van der Waals surface area contributed by atoms with Gasteiger partial charge in [-0.2, -0.15) is 0 Å². The third-order valence-corrected chi connectivity index (χ3v) is 3.85. The van der Waals surface area contributed by atoms with Crippen molar-refractivity contribution in [3.8, 4) is 0 Å². The van der Waals surface area contributed by atoms with Gasteiger partial charge in [0.15, 0.2) is 5.65 Å². The molecule has 0 bridgehead atoms. The van der Waals surface area contributed by atoms with E-state index < -0.39 is 0 Å². The topological polar surface area (TPSA) is 30.7 Å². The van der Waals surface area contributed by atoms with Crippen LogP contribution in [0.1, 0.15) is 37.3 Å². The average molecular weight is 250 g/mol. The molecule has 2 heterocycles. The number of pyridine rings is 1. The van der Waals surface area contributed by atoms with E-state index in [1.807, 2.05) is 19.1 Å². The van der Waals surface area contributed by atoms with E-state index in [1.54, 1.807) is 0 Å². The van der Waals surface area contributed by atoms with Crippen molar-refractivity contribution in [3.05, 3.63) is 23.7 Å². The van der Waals surface area contributed by atoms with E-state index in [-0.39, 0.29) is 0 Å². The summed E-state index contributed by atoms with van der Waals surface area (Å²) in [7, 11) is 0. The lowest BCUT2D eigenvalue weighted by Crippen LogP contribution is -2.02. The van der Waals surface area contributed by atoms with Crippen LogP contribution in [0.3, 0.4) is 0 Å². The van der Waals surface area contributed by atoms with Crippen LogP contribution >= 0.6 is 11.6 Å². The van der Waals surface area contributed by atoms with Gasteiger partial charge < -0.3 is 4.57 Å². The van der Waals surface area contributed by atoms with Crippen LogP contribution < -0.4 is 0 Å². The summed E-state index contributed by atoms with van der Waals surface area (Å²) in [4.78, 5) is 9.19. The van der Waals surface area contributed by atoms with Gasteiger partial charge in [0.2, 0.25) is 0 Å². The molecule has 1 aliphatic rings. The zero-order chi connectivity index (χ0) is 12.0. The number of imidazole rings is 1. The molecule has 0 saturated heterocycles. The zero-order valence-electron chi connectivity index (χ0n) is 10.2. The summed E-state index contributed by atoms with van der Waals surface area (Å²) >= 11 is 5.99. The van der Waals surface area contributed by atoms with Gasteiger partial charge in [0, 0.05) is 11.7 Å². The second-order valence-corrected chi connectivity index (χ2v) is 5.07. The van der Waals surface area contributed by atoms with Crippen molar-refractivity contribution in [2.45, 2.75) is 38.6 Å². The lowest BCUT2D eigenvalue weighted by molar-refractivity contribution is 0.632. The van der Waals surface area contributed by atoms with Crippen molar-refractivity contribution in [2.75, 3.05) is 0 Å². The Labute approximate surface area is 106 Å². The van der Waals surface area contributed by atoms with Gasteiger partial charge in [0.25, 0.3) is 0 Å². The van der Waals surface area contributed by atoms with E-state index in [0.29, 0.717) is 11.9 Å². The minimum atomic E-state index is 0.461. The fourth-order valence-electron chi connectivity index (χ4n) is 2.54. The van der Waals surface area contributed by atoms with E-state index in [9.17, 15) is 0 Å². The van der Waals surface area contributed by atoms with Gasteiger partial charge >= 0.3 is 0 Å². The summed E-state index contributed by atoms with van der Waals surface area (Å²) in [5.41, 5.74) is 3.00. The van der Waals surface area contributed by atoms with Crippen molar-refractivity contribution >= 4 is 22.8 Å². The van der Waals surface area contributed by atoms with Crippen LogP contribution in [-0.2, 0) is 5.88 Å². The van der Waals surface area contributed by atoms with Gasteiger partial charge in [-0.25, -0.2) is 9.97 Å². The van der Waals surface area contributed by atoms with Gasteiger partial charge in [-0.1, -0.05) is 13.3 Å². The third-order valence-electron chi connectivity index (χ3n) is 3.61. The Bertz CT molecular complexity index is 561. The van der Waals surface area contributed by atoms with Gasteiger partial charge in [-0.05, 0) is 31.4 Å². The fourth-order valence-corrected chi connectivity index (χ4v) is 2.73. The van der Waals surface area contributed by atoms with E-state index >= 15 is 0 Å². The second-order valence-electron chi connectivity index (χ2n) is 4.80. The maximum absolute atomic E-state index is 5.99. The number of aromatic nitrogens is 3. The Morgan fingerprint density at radius 3 is 2.88 bits per heavy atom. The first kappa shape index (κ1) is 11.0. The predicted octanol–water partition coefficient (Wildman–Crippen LogP) is 3.45. The fraction of sp³-hybridized carbons (Fsp3) is 0.538. The molecule has 0 aromatic carbocycles. The molecule has 0 spiro atoms. The largest absolute Gasteiger partial charge is 0.308 e. The molecule has 1 fully saturated rings. The standard InChI is InChI=1S/C13H16ClN3/c1-3-9-6-11(9)17-12(7-14)16-10-5-4-8(2)15-13(10)17/h4-5,9,11H,3,6-7H2,1-2H3. The van der Waals surface area contributed by atoms with Crippen molar-refractivity contribution in [1.82, 2.24) is 14.5 Å². The number of rotatable bonds is 3. The second kappa shape index (κ2) is 3.98. The van der Waals surface area contributed by atoms with Gasteiger partial charge in [-0.3, -0.25) is 0 Å². The molecule has 0 radical (unpaired) electrons. The first-order chi connectivity index (χ1) is 8.24. The zero-order valence-corrected chi connectivity index (χ0v) is 10.9. The molecular formula is C13H16ClN3. The van der Waals surface area contributed by atoms with Crippen LogP contribution in [0.4, 0.5) is 0 Å². The quantitative estimate of drug-likeness (QED) is 0.780. The molecule has 0 aliphatic heterocycles. The maximum atomic E-state index is 5.99. The van der Waals surface area contributed by atoms with E-state index in [4.69, 9.17) is 11.6 Å². The Hall–Kier alpha value is -1.09. The number of alkyl halides is 1. The predicted molar refractivity (Wildman–Crippen MR) is 69.3 cm³/mol. The Morgan fingerprint density at radius 2 is 2.24 bits per heavy atom. The molecule has 3 rings (SSSR count). The summed E-state index contributed by atoms with van der Waals surface area (Å²) in [6, 6.07) is 4.60. The lowest BCUT2D eigenvalue weighted by atomic mass is 10.3. The Balaban J connectivity index is 2.16. The number of halogens is 1. The van der Waals surface area contributed by atoms with Gasteiger partial charge in [0.1, 0.15) is 11.3 Å². The molecule has 2 aromatic heterocycles. The summed E-state index contributed by atoms with van der Waals surface area (Å²) in [6.07, 6.45) is 2.46. The van der Waals surface area contributed by atoms with Crippen molar-refractivity contribution < 1.29 is 0 Å². The molecule has 1 saturated carbocycles. The van der Waals surface area contributed by atoms with Gasteiger partial charge in [-0.15, -0.1) is 11.6 Å². The summed E-state index contributed by atoms with van der Waals surface area (Å²) in [6.45, 7) is 4.25. The van der Waals surface area contributed by atoms with Crippen LogP contribution in [-0.4, -0.2) is 14.5 Å². The monoisotopic (exact) mass is 249 g/mol. The highest BCUT2D eigenvalue weighted by molar-refractivity contribution is 6.16. The Kier molecular flexibility index (Phi) is 2.58. The molecule has 4 heteroatoms. The average Bonchev–Trinajstić information content (AvgIpc) is 3.02. The van der Waals surface area contributed by atoms with Gasteiger partial charge in [0.05, 0.1) is 5.88 Å². The van der Waals surface area contributed by atoms with Crippen LogP contribution in [0.5, 0.6) is 0 Å². The van der Waals surface area contributed by atoms with E-state index in [2.05, 4.69) is 21.5 Å². The molecule has 0 amide bonds. The molecule has 1 aliphatic carbocycles. The number of aryl methyl sites for hydroxylation is 1.